The van der Waals surface area contributed by atoms with Crippen LogP contribution in [0.25, 0.3) is 0 Å². The molecule has 1 aliphatic heterocycles. The average Bonchev–Trinajstić information content (AvgIpc) is 3.61. The quantitative estimate of drug-likeness (QED) is 0.225. The largest absolute Gasteiger partial charge is 0.350 e. The summed E-state index contributed by atoms with van der Waals surface area (Å²) in [4.78, 5) is 77.9. The number of aromatic nitrogens is 2. The Hall–Kier alpha value is -3.83. The van der Waals surface area contributed by atoms with E-state index in [1.54, 1.807) is 4.90 Å². The highest BCUT2D eigenvalue weighted by Crippen LogP contribution is 2.43. The Morgan fingerprint density at radius 2 is 1.74 bits per heavy atom. The molecule has 3 aliphatic rings. The van der Waals surface area contributed by atoms with Crippen LogP contribution >= 0.6 is 0 Å². The number of fused-ring (bicyclic) bond motifs is 1. The van der Waals surface area contributed by atoms with Crippen LogP contribution in [-0.2, 0) is 19.2 Å². The SMILES string of the molecule is C=C(C(=O)NC1CC1)[C@H](CCC)NC(=O)[C@@H]1[C@H]2CCC[C@H]2CN1C(=O)[C@@H](NC(=O)[C@@H](NC(=O)c1cnccn1)C(C)CC)C(C)(C)C. The fourth-order valence-electron chi connectivity index (χ4n) is 6.79. The van der Waals surface area contributed by atoms with Gasteiger partial charge in [-0.2, -0.15) is 0 Å². The first-order chi connectivity index (χ1) is 22.3. The molecule has 0 radical (unpaired) electrons. The first-order valence-electron chi connectivity index (χ1n) is 17.2. The lowest BCUT2D eigenvalue weighted by molar-refractivity contribution is -0.145. The summed E-state index contributed by atoms with van der Waals surface area (Å²) in [5, 5.41) is 11.8. The maximum Gasteiger partial charge on any atom is 0.272 e. The van der Waals surface area contributed by atoms with Crippen molar-refractivity contribution in [2.45, 2.75) is 123 Å². The van der Waals surface area contributed by atoms with Crippen LogP contribution in [-0.4, -0.2) is 81.2 Å². The van der Waals surface area contributed by atoms with Gasteiger partial charge in [0.05, 0.1) is 12.2 Å². The van der Waals surface area contributed by atoms with E-state index in [4.69, 9.17) is 0 Å². The summed E-state index contributed by atoms with van der Waals surface area (Å²) in [6.45, 7) is 15.8. The molecule has 3 fully saturated rings. The van der Waals surface area contributed by atoms with Crippen molar-refractivity contribution in [1.29, 1.82) is 0 Å². The highest BCUT2D eigenvalue weighted by molar-refractivity contribution is 5.99. The monoisotopic (exact) mass is 651 g/mol. The number of rotatable bonds is 14. The van der Waals surface area contributed by atoms with Crippen LogP contribution in [0.1, 0.15) is 103 Å². The second-order valence-electron chi connectivity index (χ2n) is 14.6. The highest BCUT2D eigenvalue weighted by Gasteiger charge is 2.52. The third-order valence-corrected chi connectivity index (χ3v) is 9.94. The topological polar surface area (TPSA) is 162 Å². The molecule has 4 N–H and O–H groups in total. The summed E-state index contributed by atoms with van der Waals surface area (Å²) in [6.07, 6.45) is 10.7. The van der Waals surface area contributed by atoms with Gasteiger partial charge in [0, 0.05) is 30.6 Å². The summed E-state index contributed by atoms with van der Waals surface area (Å²) in [5.41, 5.74) is -0.297. The lowest BCUT2D eigenvalue weighted by Crippen LogP contribution is -2.62. The van der Waals surface area contributed by atoms with Gasteiger partial charge >= 0.3 is 0 Å². The van der Waals surface area contributed by atoms with E-state index in [1.165, 1.54) is 18.6 Å². The third kappa shape index (κ3) is 8.75. The summed E-state index contributed by atoms with van der Waals surface area (Å²) in [7, 11) is 0. The van der Waals surface area contributed by atoms with Crippen LogP contribution in [0.3, 0.4) is 0 Å². The van der Waals surface area contributed by atoms with E-state index >= 15 is 0 Å². The first-order valence-corrected chi connectivity index (χ1v) is 17.2. The molecular weight excluding hydrogens is 598 g/mol. The molecule has 0 aromatic carbocycles. The van der Waals surface area contributed by atoms with Gasteiger partial charge < -0.3 is 26.2 Å². The number of amides is 5. The Kier molecular flexibility index (Phi) is 11.8. The lowest BCUT2D eigenvalue weighted by atomic mass is 9.84. The van der Waals surface area contributed by atoms with Crippen molar-refractivity contribution in [3.63, 3.8) is 0 Å². The zero-order valence-electron chi connectivity index (χ0n) is 28.8. The van der Waals surface area contributed by atoms with Gasteiger partial charge in [-0.1, -0.05) is 67.4 Å². The van der Waals surface area contributed by atoms with Crippen LogP contribution in [0.4, 0.5) is 0 Å². The summed E-state index contributed by atoms with van der Waals surface area (Å²) in [5.74, 6) is -1.96. The molecule has 1 unspecified atom stereocenters. The Labute approximate surface area is 278 Å². The van der Waals surface area contributed by atoms with Gasteiger partial charge in [0.25, 0.3) is 5.91 Å². The molecule has 0 spiro atoms. The van der Waals surface area contributed by atoms with E-state index in [2.05, 4.69) is 37.8 Å². The second kappa shape index (κ2) is 15.4. The fraction of sp³-hybridized carbons (Fsp3) is 0.686. The van der Waals surface area contributed by atoms with Crippen LogP contribution in [0.5, 0.6) is 0 Å². The molecule has 0 bridgehead atoms. The van der Waals surface area contributed by atoms with Crippen LogP contribution in [0.15, 0.2) is 30.7 Å². The molecule has 1 aromatic rings. The van der Waals surface area contributed by atoms with E-state index in [9.17, 15) is 24.0 Å². The number of likely N-dealkylation sites (tertiary alicyclic amines) is 1. The Balaban J connectivity index is 1.55. The van der Waals surface area contributed by atoms with Crippen molar-refractivity contribution in [2.24, 2.45) is 23.2 Å². The molecule has 258 valence electrons. The van der Waals surface area contributed by atoms with E-state index in [1.807, 2.05) is 41.5 Å². The maximum absolute atomic E-state index is 14.5. The van der Waals surface area contributed by atoms with Gasteiger partial charge in [-0.05, 0) is 55.3 Å². The van der Waals surface area contributed by atoms with Gasteiger partial charge in [-0.25, -0.2) is 4.98 Å². The standard InChI is InChI=1S/C35H53N7O5/c1-8-11-25(21(4)30(43)38-23-14-15-23)39-33(46)28-24-13-10-12-22(24)19-42(28)34(47)29(35(5,6)7)41-32(45)27(20(3)9-2)40-31(44)26-18-36-16-17-37-26/h16-18,20,22-25,27-29H,4,8-15,19H2,1-3,5-7H3,(H,38,43)(H,39,46)(H,40,44)(H,41,45)/t20?,22-,24-,25-,27-,28-,29+/m0/s1. The number of hydrogen-bond acceptors (Lipinski definition) is 7. The zero-order valence-corrected chi connectivity index (χ0v) is 28.8. The molecule has 2 heterocycles. The van der Waals surface area contributed by atoms with Crippen molar-refractivity contribution in [1.82, 2.24) is 36.1 Å². The van der Waals surface area contributed by atoms with Gasteiger partial charge in [0.1, 0.15) is 23.8 Å². The minimum atomic E-state index is -0.963. The van der Waals surface area contributed by atoms with Gasteiger partial charge in [0.2, 0.25) is 23.6 Å². The van der Waals surface area contributed by atoms with Gasteiger partial charge in [0.15, 0.2) is 0 Å². The van der Waals surface area contributed by atoms with Crippen molar-refractivity contribution < 1.29 is 24.0 Å². The number of nitrogens with one attached hydrogen (secondary N) is 4. The number of carbonyl (C=O) groups is 5. The predicted molar refractivity (Wildman–Crippen MR) is 178 cm³/mol. The molecule has 1 saturated heterocycles. The maximum atomic E-state index is 14.5. The van der Waals surface area contributed by atoms with Crippen molar-refractivity contribution in [3.8, 4) is 0 Å². The van der Waals surface area contributed by atoms with Crippen LogP contribution in [0, 0.1) is 23.2 Å². The molecular formula is C35H53N7O5. The van der Waals surface area contributed by atoms with Gasteiger partial charge in [-0.3, -0.25) is 29.0 Å². The normalized spacial score (nSPS) is 23.1. The number of hydrogen-bond donors (Lipinski definition) is 4. The Morgan fingerprint density at radius 3 is 2.34 bits per heavy atom. The smallest absolute Gasteiger partial charge is 0.272 e. The fourth-order valence-corrected chi connectivity index (χ4v) is 6.79. The van der Waals surface area contributed by atoms with Crippen molar-refractivity contribution >= 4 is 29.5 Å². The minimum absolute atomic E-state index is 0.00904. The van der Waals surface area contributed by atoms with E-state index in [-0.39, 0.29) is 47.2 Å². The summed E-state index contributed by atoms with van der Waals surface area (Å²) >= 11 is 0. The minimum Gasteiger partial charge on any atom is -0.350 e. The Morgan fingerprint density at radius 1 is 1.02 bits per heavy atom. The van der Waals surface area contributed by atoms with Crippen LogP contribution in [0.2, 0.25) is 0 Å². The molecule has 5 amide bonds. The molecule has 12 nitrogen and oxygen atoms in total. The van der Waals surface area contributed by atoms with Crippen LogP contribution < -0.4 is 21.3 Å². The summed E-state index contributed by atoms with van der Waals surface area (Å²) < 4.78 is 0. The lowest BCUT2D eigenvalue weighted by Gasteiger charge is -2.37. The second-order valence-corrected chi connectivity index (χ2v) is 14.6. The molecule has 47 heavy (non-hydrogen) atoms. The number of carbonyl (C=O) groups excluding carboxylic acids is 5. The molecule has 12 heteroatoms. The van der Waals surface area contributed by atoms with E-state index in [0.29, 0.717) is 25.0 Å². The zero-order chi connectivity index (χ0) is 34.5. The van der Waals surface area contributed by atoms with Gasteiger partial charge in [-0.15, -0.1) is 0 Å². The van der Waals surface area contributed by atoms with Crippen molar-refractivity contribution in [3.05, 3.63) is 36.4 Å². The highest BCUT2D eigenvalue weighted by atomic mass is 16.2. The van der Waals surface area contributed by atoms with Crippen molar-refractivity contribution in [2.75, 3.05) is 6.54 Å². The first kappa shape index (κ1) is 36.0. The predicted octanol–water partition coefficient (Wildman–Crippen LogP) is 2.90. The molecule has 4 rings (SSSR count). The molecule has 7 atom stereocenters. The number of nitrogens with zero attached hydrogens (tertiary/aromatic N) is 3. The third-order valence-electron chi connectivity index (χ3n) is 9.94. The Bertz CT molecular complexity index is 1330. The molecule has 2 aliphatic carbocycles. The van der Waals surface area contributed by atoms with E-state index < -0.39 is 41.4 Å². The summed E-state index contributed by atoms with van der Waals surface area (Å²) in [6, 6.07) is -2.99. The van der Waals surface area contributed by atoms with E-state index in [0.717, 1.165) is 38.5 Å². The average molecular weight is 652 g/mol. The molecule has 1 aromatic heterocycles. The molecule has 2 saturated carbocycles.